The standard InChI is InChI=1S/C5H5ClF6/c1-2(7)4(10,3(8)9)5(6,11)12/h2-3H,1H3. The summed E-state index contributed by atoms with van der Waals surface area (Å²) in [6.45, 7) is 0.252. The summed E-state index contributed by atoms with van der Waals surface area (Å²) in [7, 11) is 0. The van der Waals surface area contributed by atoms with Gasteiger partial charge >= 0.3 is 5.38 Å². The highest BCUT2D eigenvalue weighted by Crippen LogP contribution is 2.44. The molecule has 0 aromatic carbocycles. The average Bonchev–Trinajstić information content (AvgIpc) is 1.82. The van der Waals surface area contributed by atoms with Crippen LogP contribution in [0, 0.1) is 0 Å². The number of hydrogen-bond acceptors (Lipinski definition) is 0. The van der Waals surface area contributed by atoms with Crippen molar-refractivity contribution in [1.29, 1.82) is 0 Å². The van der Waals surface area contributed by atoms with Crippen molar-refractivity contribution in [3.05, 3.63) is 0 Å². The van der Waals surface area contributed by atoms with E-state index in [9.17, 15) is 26.3 Å². The van der Waals surface area contributed by atoms with Gasteiger partial charge in [0.2, 0.25) is 0 Å². The molecule has 0 N–H and O–H groups in total. The number of rotatable bonds is 3. The lowest BCUT2D eigenvalue weighted by molar-refractivity contribution is -0.180. The lowest BCUT2D eigenvalue weighted by Gasteiger charge is -2.29. The van der Waals surface area contributed by atoms with Gasteiger partial charge in [0, 0.05) is 0 Å². The van der Waals surface area contributed by atoms with Gasteiger partial charge in [0.1, 0.15) is 6.17 Å². The molecule has 0 radical (unpaired) electrons. The second kappa shape index (κ2) is 3.32. The van der Waals surface area contributed by atoms with Crippen LogP contribution in [0.1, 0.15) is 6.92 Å². The molecule has 2 unspecified atom stereocenters. The fourth-order valence-electron chi connectivity index (χ4n) is 0.523. The predicted octanol–water partition coefficient (Wildman–Crippen LogP) is 3.15. The lowest BCUT2D eigenvalue weighted by Crippen LogP contribution is -2.52. The van der Waals surface area contributed by atoms with Crippen LogP contribution in [0.5, 0.6) is 0 Å². The molecule has 0 rings (SSSR count). The smallest absolute Gasteiger partial charge is 0.244 e. The number of hydrogen-bond donors (Lipinski definition) is 0. The Bertz CT molecular complexity index is 143. The van der Waals surface area contributed by atoms with Crippen LogP contribution in [0.2, 0.25) is 0 Å². The molecule has 0 aliphatic rings. The Hall–Kier alpha value is -0.130. The van der Waals surface area contributed by atoms with E-state index < -0.39 is 23.6 Å². The molecular formula is C5H5ClF6. The van der Waals surface area contributed by atoms with Crippen molar-refractivity contribution in [2.24, 2.45) is 0 Å². The fraction of sp³-hybridized carbons (Fsp3) is 1.00. The van der Waals surface area contributed by atoms with Gasteiger partial charge in [0.25, 0.3) is 12.1 Å². The van der Waals surface area contributed by atoms with Crippen LogP contribution < -0.4 is 0 Å². The third-order valence-electron chi connectivity index (χ3n) is 1.33. The Morgan fingerprint density at radius 1 is 1.08 bits per heavy atom. The molecule has 0 bridgehead atoms. The normalized spacial score (nSPS) is 20.8. The molecule has 0 nitrogen and oxygen atoms in total. The second-order valence-electron chi connectivity index (χ2n) is 2.18. The third-order valence-corrected chi connectivity index (χ3v) is 1.62. The molecule has 2 atom stereocenters. The van der Waals surface area contributed by atoms with Crippen molar-refractivity contribution in [2.45, 2.75) is 30.6 Å². The molecule has 0 spiro atoms. The van der Waals surface area contributed by atoms with Crippen LogP contribution in [-0.2, 0) is 0 Å². The zero-order valence-corrected chi connectivity index (χ0v) is 6.56. The van der Waals surface area contributed by atoms with E-state index in [4.69, 9.17) is 0 Å². The van der Waals surface area contributed by atoms with E-state index in [2.05, 4.69) is 11.6 Å². The maximum atomic E-state index is 12.5. The molecule has 0 amide bonds. The van der Waals surface area contributed by atoms with E-state index in [1.54, 1.807) is 0 Å². The van der Waals surface area contributed by atoms with Gasteiger partial charge in [-0.2, -0.15) is 8.78 Å². The monoisotopic (exact) mass is 214 g/mol. The first-order valence-corrected chi connectivity index (χ1v) is 3.19. The topological polar surface area (TPSA) is 0 Å². The molecule has 74 valence electrons. The molecule has 0 saturated heterocycles. The first-order valence-electron chi connectivity index (χ1n) is 2.82. The zero-order chi connectivity index (χ0) is 10.2. The Morgan fingerprint density at radius 3 is 1.42 bits per heavy atom. The molecule has 0 aliphatic heterocycles. The van der Waals surface area contributed by atoms with Gasteiger partial charge in [0.05, 0.1) is 0 Å². The minimum Gasteiger partial charge on any atom is -0.244 e. The minimum absolute atomic E-state index is 0.252. The Kier molecular flexibility index (Phi) is 3.28. The maximum absolute atomic E-state index is 12.5. The second-order valence-corrected chi connectivity index (χ2v) is 2.66. The Labute approximate surface area is 69.5 Å². The summed E-state index contributed by atoms with van der Waals surface area (Å²) >= 11 is 4.00. The highest BCUT2D eigenvalue weighted by atomic mass is 35.5. The quantitative estimate of drug-likeness (QED) is 0.500. The highest BCUT2D eigenvalue weighted by Gasteiger charge is 2.64. The number of alkyl halides is 7. The maximum Gasteiger partial charge on any atom is 0.363 e. The zero-order valence-electron chi connectivity index (χ0n) is 5.80. The van der Waals surface area contributed by atoms with E-state index in [0.29, 0.717) is 0 Å². The van der Waals surface area contributed by atoms with Crippen LogP contribution in [0.3, 0.4) is 0 Å². The van der Waals surface area contributed by atoms with Crippen molar-refractivity contribution >= 4 is 11.6 Å². The lowest BCUT2D eigenvalue weighted by atomic mass is 10.0. The van der Waals surface area contributed by atoms with Gasteiger partial charge in [-0.05, 0) is 18.5 Å². The summed E-state index contributed by atoms with van der Waals surface area (Å²) in [6.07, 6.45) is -7.23. The van der Waals surface area contributed by atoms with Crippen molar-refractivity contribution < 1.29 is 26.3 Å². The van der Waals surface area contributed by atoms with E-state index in [-0.39, 0.29) is 6.92 Å². The van der Waals surface area contributed by atoms with E-state index >= 15 is 0 Å². The van der Waals surface area contributed by atoms with Gasteiger partial charge in [0.15, 0.2) is 0 Å². The SMILES string of the molecule is CC(F)C(F)(C(F)F)C(F)(F)Cl. The van der Waals surface area contributed by atoms with Crippen LogP contribution >= 0.6 is 11.6 Å². The summed E-state index contributed by atoms with van der Waals surface area (Å²) < 4.78 is 71.8. The van der Waals surface area contributed by atoms with Crippen molar-refractivity contribution in [3.63, 3.8) is 0 Å². The third kappa shape index (κ3) is 1.78. The molecule has 0 saturated carbocycles. The van der Waals surface area contributed by atoms with Gasteiger partial charge in [-0.15, -0.1) is 0 Å². The summed E-state index contributed by atoms with van der Waals surface area (Å²) in [5.41, 5.74) is -4.63. The van der Waals surface area contributed by atoms with E-state index in [0.717, 1.165) is 0 Å². The van der Waals surface area contributed by atoms with Gasteiger partial charge in [-0.3, -0.25) is 0 Å². The van der Waals surface area contributed by atoms with Crippen molar-refractivity contribution in [3.8, 4) is 0 Å². The summed E-state index contributed by atoms with van der Waals surface area (Å²) in [5.74, 6) is 0. The summed E-state index contributed by atoms with van der Waals surface area (Å²) in [4.78, 5) is 0. The summed E-state index contributed by atoms with van der Waals surface area (Å²) in [6, 6.07) is 0. The molecule has 0 aromatic rings. The Morgan fingerprint density at radius 2 is 1.42 bits per heavy atom. The molecule has 0 heterocycles. The first kappa shape index (κ1) is 11.9. The molecule has 12 heavy (non-hydrogen) atoms. The molecule has 0 aromatic heterocycles. The van der Waals surface area contributed by atoms with Crippen LogP contribution in [0.4, 0.5) is 26.3 Å². The van der Waals surface area contributed by atoms with Crippen molar-refractivity contribution in [1.82, 2.24) is 0 Å². The average molecular weight is 215 g/mol. The molecular weight excluding hydrogens is 209 g/mol. The predicted molar refractivity (Wildman–Crippen MR) is 31.2 cm³/mol. The van der Waals surface area contributed by atoms with Crippen LogP contribution in [0.25, 0.3) is 0 Å². The first-order chi connectivity index (χ1) is 5.14. The van der Waals surface area contributed by atoms with Gasteiger partial charge < -0.3 is 0 Å². The minimum atomic E-state index is -4.92. The summed E-state index contributed by atoms with van der Waals surface area (Å²) in [5, 5.41) is -4.92. The van der Waals surface area contributed by atoms with Crippen LogP contribution in [-0.4, -0.2) is 23.6 Å². The number of halogens is 7. The van der Waals surface area contributed by atoms with Crippen LogP contribution in [0.15, 0.2) is 0 Å². The fourth-order valence-corrected chi connectivity index (χ4v) is 0.756. The molecule has 0 fully saturated rings. The van der Waals surface area contributed by atoms with Crippen molar-refractivity contribution in [2.75, 3.05) is 0 Å². The van der Waals surface area contributed by atoms with E-state index in [1.807, 2.05) is 0 Å². The highest BCUT2D eigenvalue weighted by molar-refractivity contribution is 6.22. The van der Waals surface area contributed by atoms with Gasteiger partial charge in [-0.1, -0.05) is 0 Å². The molecule has 7 heteroatoms. The van der Waals surface area contributed by atoms with E-state index in [1.165, 1.54) is 0 Å². The van der Waals surface area contributed by atoms with Gasteiger partial charge in [-0.25, -0.2) is 17.6 Å². The largest absolute Gasteiger partial charge is 0.363 e. The Balaban J connectivity index is 4.89. The molecule has 0 aliphatic carbocycles.